The number of ether oxygens (including phenoxy) is 1. The molecule has 0 radical (unpaired) electrons. The van der Waals surface area contributed by atoms with Crippen LogP contribution in [0.5, 0.6) is 5.75 Å². The summed E-state index contributed by atoms with van der Waals surface area (Å²) >= 11 is 0. The lowest BCUT2D eigenvalue weighted by Gasteiger charge is -2.02. The highest BCUT2D eigenvalue weighted by atomic mass is 16.5. The summed E-state index contributed by atoms with van der Waals surface area (Å²) in [7, 11) is 1.61. The Balaban J connectivity index is 2.70. The van der Waals surface area contributed by atoms with Crippen molar-refractivity contribution >= 4 is 11.0 Å². The minimum Gasteiger partial charge on any atom is -0.496 e. The quantitative estimate of drug-likeness (QED) is 0.752. The summed E-state index contributed by atoms with van der Waals surface area (Å²) in [6, 6.07) is 3.75. The van der Waals surface area contributed by atoms with Crippen LogP contribution in [-0.4, -0.2) is 12.3 Å². The number of hydrogen-bond acceptors (Lipinski definition) is 4. The second-order valence-electron chi connectivity index (χ2n) is 2.74. The number of hydrogen-bond donors (Lipinski definition) is 1. The van der Waals surface area contributed by atoms with Gasteiger partial charge in [0, 0.05) is 6.54 Å². The third kappa shape index (κ3) is 1.25. The van der Waals surface area contributed by atoms with Gasteiger partial charge in [-0.25, -0.2) is 0 Å². The van der Waals surface area contributed by atoms with Crippen LogP contribution in [0.1, 0.15) is 5.56 Å². The van der Waals surface area contributed by atoms with Crippen LogP contribution in [0.25, 0.3) is 11.0 Å². The molecule has 4 nitrogen and oxygen atoms in total. The molecule has 0 aliphatic carbocycles. The number of fused-ring (bicyclic) bond motifs is 1. The maximum Gasteiger partial charge on any atom is 0.170 e. The zero-order valence-corrected chi connectivity index (χ0v) is 7.28. The number of rotatable bonds is 2. The molecule has 68 valence electrons. The molecule has 13 heavy (non-hydrogen) atoms. The van der Waals surface area contributed by atoms with E-state index in [1.54, 1.807) is 13.3 Å². The van der Waals surface area contributed by atoms with E-state index < -0.39 is 0 Å². The number of nitrogens with zero attached hydrogens (tertiary/aromatic N) is 1. The van der Waals surface area contributed by atoms with Gasteiger partial charge in [0.15, 0.2) is 5.58 Å². The molecule has 0 spiro atoms. The molecule has 2 aromatic rings. The fourth-order valence-corrected chi connectivity index (χ4v) is 1.28. The summed E-state index contributed by atoms with van der Waals surface area (Å²) in [6.45, 7) is 0.465. The van der Waals surface area contributed by atoms with Crippen LogP contribution in [0.15, 0.2) is 22.9 Å². The van der Waals surface area contributed by atoms with Gasteiger partial charge in [0.05, 0.1) is 18.7 Å². The van der Waals surface area contributed by atoms with Crippen LogP contribution in [0.4, 0.5) is 0 Å². The first-order valence-electron chi connectivity index (χ1n) is 3.96. The van der Waals surface area contributed by atoms with E-state index >= 15 is 0 Å². The average Bonchev–Trinajstić information content (AvgIpc) is 2.63. The fraction of sp³-hybridized carbons (Fsp3) is 0.222. The summed E-state index contributed by atoms with van der Waals surface area (Å²) in [6.07, 6.45) is 1.63. The maximum atomic E-state index is 5.52. The highest BCUT2D eigenvalue weighted by Gasteiger charge is 2.06. The molecule has 0 fully saturated rings. The molecule has 0 saturated heterocycles. The third-order valence-electron chi connectivity index (χ3n) is 1.95. The second-order valence-corrected chi connectivity index (χ2v) is 2.74. The Kier molecular flexibility index (Phi) is 1.90. The molecular formula is C9H10N2O2. The van der Waals surface area contributed by atoms with Gasteiger partial charge in [0.1, 0.15) is 5.75 Å². The van der Waals surface area contributed by atoms with Crippen molar-refractivity contribution in [1.82, 2.24) is 5.16 Å². The molecule has 2 rings (SSSR count). The Morgan fingerprint density at radius 2 is 2.38 bits per heavy atom. The van der Waals surface area contributed by atoms with E-state index in [-0.39, 0.29) is 0 Å². The minimum atomic E-state index is 0.465. The first-order valence-corrected chi connectivity index (χ1v) is 3.96. The van der Waals surface area contributed by atoms with Crippen molar-refractivity contribution in [3.63, 3.8) is 0 Å². The molecule has 4 heteroatoms. The van der Waals surface area contributed by atoms with Gasteiger partial charge < -0.3 is 15.0 Å². The first kappa shape index (κ1) is 8.07. The summed E-state index contributed by atoms with van der Waals surface area (Å²) in [5, 5.41) is 4.56. The van der Waals surface area contributed by atoms with Crippen molar-refractivity contribution < 1.29 is 9.26 Å². The van der Waals surface area contributed by atoms with E-state index in [9.17, 15) is 0 Å². The van der Waals surface area contributed by atoms with Gasteiger partial charge in [-0.15, -0.1) is 0 Å². The van der Waals surface area contributed by atoms with E-state index in [1.807, 2.05) is 12.1 Å². The SMILES string of the molecule is COc1cc(CN)cc2oncc12. The van der Waals surface area contributed by atoms with E-state index in [2.05, 4.69) is 5.16 Å². The third-order valence-corrected chi connectivity index (χ3v) is 1.95. The normalized spacial score (nSPS) is 10.6. The van der Waals surface area contributed by atoms with E-state index in [4.69, 9.17) is 15.0 Å². The lowest BCUT2D eigenvalue weighted by Crippen LogP contribution is -1.96. The van der Waals surface area contributed by atoms with Gasteiger partial charge >= 0.3 is 0 Å². The highest BCUT2D eigenvalue weighted by molar-refractivity contribution is 5.83. The van der Waals surface area contributed by atoms with Crippen molar-refractivity contribution in [2.24, 2.45) is 5.73 Å². The Hall–Kier alpha value is -1.55. The largest absolute Gasteiger partial charge is 0.496 e. The molecule has 1 heterocycles. The maximum absolute atomic E-state index is 5.52. The Morgan fingerprint density at radius 1 is 1.54 bits per heavy atom. The molecule has 1 aromatic carbocycles. The molecule has 0 atom stereocenters. The Morgan fingerprint density at radius 3 is 3.08 bits per heavy atom. The molecule has 0 aliphatic rings. The zero-order chi connectivity index (χ0) is 9.26. The number of aromatic nitrogens is 1. The molecule has 2 N–H and O–H groups in total. The second kappa shape index (κ2) is 3.06. The van der Waals surface area contributed by atoms with Crippen LogP contribution in [0, 0.1) is 0 Å². The van der Waals surface area contributed by atoms with Gasteiger partial charge in [0.25, 0.3) is 0 Å². The predicted molar refractivity (Wildman–Crippen MR) is 48.5 cm³/mol. The van der Waals surface area contributed by atoms with Crippen LogP contribution < -0.4 is 10.5 Å². The molecular weight excluding hydrogens is 168 g/mol. The average molecular weight is 178 g/mol. The van der Waals surface area contributed by atoms with Crippen molar-refractivity contribution in [1.29, 1.82) is 0 Å². The van der Waals surface area contributed by atoms with Crippen molar-refractivity contribution in [2.45, 2.75) is 6.54 Å². The van der Waals surface area contributed by atoms with E-state index in [0.717, 1.165) is 16.7 Å². The Bertz CT molecular complexity index is 422. The molecule has 0 unspecified atom stereocenters. The van der Waals surface area contributed by atoms with Crippen molar-refractivity contribution in [2.75, 3.05) is 7.11 Å². The van der Waals surface area contributed by atoms with Crippen molar-refractivity contribution in [3.05, 3.63) is 23.9 Å². The highest BCUT2D eigenvalue weighted by Crippen LogP contribution is 2.26. The number of nitrogens with two attached hydrogens (primary N) is 1. The first-order chi connectivity index (χ1) is 6.35. The molecule has 1 aromatic heterocycles. The molecule has 0 bridgehead atoms. The van der Waals surface area contributed by atoms with Gasteiger partial charge in [-0.05, 0) is 17.7 Å². The minimum absolute atomic E-state index is 0.465. The topological polar surface area (TPSA) is 61.3 Å². The number of methoxy groups -OCH3 is 1. The van der Waals surface area contributed by atoms with Crippen LogP contribution >= 0.6 is 0 Å². The fourth-order valence-electron chi connectivity index (χ4n) is 1.28. The standard InChI is InChI=1S/C9H10N2O2/c1-12-8-2-6(4-10)3-9-7(8)5-11-13-9/h2-3,5H,4,10H2,1H3. The molecule has 0 amide bonds. The summed E-state index contributed by atoms with van der Waals surface area (Å²) in [5.41, 5.74) is 7.20. The summed E-state index contributed by atoms with van der Waals surface area (Å²) < 4.78 is 10.2. The van der Waals surface area contributed by atoms with Gasteiger partial charge in [-0.2, -0.15) is 0 Å². The van der Waals surface area contributed by atoms with Crippen LogP contribution in [-0.2, 0) is 6.54 Å². The van der Waals surface area contributed by atoms with Crippen LogP contribution in [0.3, 0.4) is 0 Å². The molecule has 0 saturated carbocycles. The van der Waals surface area contributed by atoms with Gasteiger partial charge in [0.2, 0.25) is 0 Å². The molecule has 0 aliphatic heterocycles. The van der Waals surface area contributed by atoms with Crippen LogP contribution in [0.2, 0.25) is 0 Å². The van der Waals surface area contributed by atoms with E-state index in [0.29, 0.717) is 12.1 Å². The lowest BCUT2D eigenvalue weighted by molar-refractivity contribution is 0.418. The van der Waals surface area contributed by atoms with Gasteiger partial charge in [-0.1, -0.05) is 5.16 Å². The zero-order valence-electron chi connectivity index (χ0n) is 7.28. The summed E-state index contributed by atoms with van der Waals surface area (Å²) in [4.78, 5) is 0. The Labute approximate surface area is 75.3 Å². The predicted octanol–water partition coefficient (Wildman–Crippen LogP) is 1.30. The van der Waals surface area contributed by atoms with E-state index in [1.165, 1.54) is 0 Å². The van der Waals surface area contributed by atoms with Gasteiger partial charge in [-0.3, -0.25) is 0 Å². The lowest BCUT2D eigenvalue weighted by atomic mass is 10.1. The van der Waals surface area contributed by atoms with Crippen molar-refractivity contribution in [3.8, 4) is 5.75 Å². The monoisotopic (exact) mass is 178 g/mol. The summed E-state index contributed by atoms with van der Waals surface area (Å²) in [5.74, 6) is 0.749. The smallest absolute Gasteiger partial charge is 0.170 e. The number of benzene rings is 1.